The highest BCUT2D eigenvalue weighted by Crippen LogP contribution is 2.33. The zero-order chi connectivity index (χ0) is 14.0. The molecule has 0 aliphatic carbocycles. The Morgan fingerprint density at radius 3 is 2.79 bits per heavy atom. The van der Waals surface area contributed by atoms with Crippen molar-refractivity contribution < 1.29 is 9.84 Å². The summed E-state index contributed by atoms with van der Waals surface area (Å²) in [6.45, 7) is 8.95. The number of aliphatic hydroxyl groups is 1. The van der Waals surface area contributed by atoms with Gasteiger partial charge in [0, 0.05) is 29.5 Å². The smallest absolute Gasteiger partial charge is 0.127 e. The molecule has 0 saturated carbocycles. The molecule has 0 radical (unpaired) electrons. The van der Waals surface area contributed by atoms with Gasteiger partial charge in [-0.05, 0) is 38.1 Å². The Morgan fingerprint density at radius 2 is 2.16 bits per heavy atom. The molecule has 19 heavy (non-hydrogen) atoms. The van der Waals surface area contributed by atoms with E-state index in [1.807, 2.05) is 13.8 Å². The highest BCUT2D eigenvalue weighted by molar-refractivity contribution is 9.10. The van der Waals surface area contributed by atoms with E-state index in [9.17, 15) is 5.11 Å². The summed E-state index contributed by atoms with van der Waals surface area (Å²) in [4.78, 5) is 2.24. The van der Waals surface area contributed by atoms with Crippen LogP contribution >= 0.6 is 15.9 Å². The number of hydrogen-bond donors (Lipinski definition) is 1. The molecule has 0 atom stereocenters. The maximum absolute atomic E-state index is 9.96. The lowest BCUT2D eigenvalue weighted by atomic mass is 10.1. The second-order valence-corrected chi connectivity index (χ2v) is 6.68. The normalized spacial score (nSPS) is 14.6. The van der Waals surface area contributed by atoms with Gasteiger partial charge in [0.05, 0.1) is 12.2 Å². The van der Waals surface area contributed by atoms with E-state index in [1.165, 1.54) is 11.1 Å². The summed E-state index contributed by atoms with van der Waals surface area (Å²) in [6.07, 6.45) is 0.986. The first-order valence-electron chi connectivity index (χ1n) is 6.78. The summed E-state index contributed by atoms with van der Waals surface area (Å²) in [6, 6.07) is 4.26. The molecule has 0 spiro atoms. The number of nitrogens with zero attached hydrogens (tertiary/aromatic N) is 1. The van der Waals surface area contributed by atoms with E-state index in [2.05, 4.69) is 39.9 Å². The third-order valence-electron chi connectivity index (χ3n) is 3.28. The lowest BCUT2D eigenvalue weighted by Crippen LogP contribution is -2.38. The first-order chi connectivity index (χ1) is 8.89. The summed E-state index contributed by atoms with van der Waals surface area (Å²) >= 11 is 3.57. The minimum atomic E-state index is -0.675. The van der Waals surface area contributed by atoms with Crippen molar-refractivity contribution in [3.8, 4) is 5.75 Å². The molecule has 0 saturated heterocycles. The second-order valence-electron chi connectivity index (χ2n) is 5.77. The maximum atomic E-state index is 9.96. The van der Waals surface area contributed by atoms with Crippen molar-refractivity contribution in [3.63, 3.8) is 0 Å². The molecule has 1 aliphatic rings. The summed E-state index contributed by atoms with van der Waals surface area (Å²) in [7, 11) is 0. The highest BCUT2D eigenvalue weighted by Gasteiger charge is 2.21. The fraction of sp³-hybridized carbons (Fsp3) is 0.600. The molecule has 0 amide bonds. The van der Waals surface area contributed by atoms with E-state index < -0.39 is 5.60 Å². The van der Waals surface area contributed by atoms with Crippen LogP contribution in [-0.4, -0.2) is 35.3 Å². The summed E-state index contributed by atoms with van der Waals surface area (Å²) in [5.74, 6) is 1.04. The van der Waals surface area contributed by atoms with Crippen LogP contribution in [0.15, 0.2) is 16.6 Å². The third kappa shape index (κ3) is 3.94. The van der Waals surface area contributed by atoms with Gasteiger partial charge in [-0.15, -0.1) is 0 Å². The fourth-order valence-corrected chi connectivity index (χ4v) is 3.08. The zero-order valence-corrected chi connectivity index (χ0v) is 13.5. The number of fused-ring (bicyclic) bond motifs is 1. The molecule has 0 bridgehead atoms. The Morgan fingerprint density at radius 1 is 1.42 bits per heavy atom. The van der Waals surface area contributed by atoms with E-state index in [0.29, 0.717) is 6.54 Å². The Bertz CT molecular complexity index is 454. The average molecular weight is 328 g/mol. The first-order valence-corrected chi connectivity index (χ1v) is 7.57. The lowest BCUT2D eigenvalue weighted by Gasteiger charge is -2.28. The van der Waals surface area contributed by atoms with Crippen LogP contribution in [0.1, 0.15) is 31.9 Å². The second kappa shape index (κ2) is 5.81. The topological polar surface area (TPSA) is 32.7 Å². The molecule has 3 nitrogen and oxygen atoms in total. The Kier molecular flexibility index (Phi) is 4.54. The first kappa shape index (κ1) is 14.8. The van der Waals surface area contributed by atoms with Crippen molar-refractivity contribution in [2.75, 3.05) is 19.7 Å². The number of hydrogen-bond acceptors (Lipinski definition) is 3. The molecular formula is C15H22BrNO2. The van der Waals surface area contributed by atoms with Gasteiger partial charge in [0.25, 0.3) is 0 Å². The molecule has 106 valence electrons. The quantitative estimate of drug-likeness (QED) is 0.902. The number of likely N-dealkylation sites (N-methyl/N-ethyl adjacent to an activating group) is 1. The number of benzene rings is 1. The van der Waals surface area contributed by atoms with Gasteiger partial charge >= 0.3 is 0 Å². The maximum Gasteiger partial charge on any atom is 0.127 e. The van der Waals surface area contributed by atoms with Gasteiger partial charge in [-0.25, -0.2) is 0 Å². The summed E-state index contributed by atoms with van der Waals surface area (Å²) in [5.41, 5.74) is 1.81. The standard InChI is InChI=1S/C15H22BrNO2/c1-4-17(10-15(2,3)18)9-12-8-13(16)7-11-5-6-19-14(11)12/h7-8,18H,4-6,9-10H2,1-3H3. The van der Waals surface area contributed by atoms with Crippen molar-refractivity contribution in [1.29, 1.82) is 0 Å². The van der Waals surface area contributed by atoms with Crippen molar-refractivity contribution in [2.45, 2.75) is 39.3 Å². The Hall–Kier alpha value is -0.580. The largest absolute Gasteiger partial charge is 0.493 e. The fourth-order valence-electron chi connectivity index (χ4n) is 2.53. The van der Waals surface area contributed by atoms with Crippen molar-refractivity contribution in [2.24, 2.45) is 0 Å². The molecule has 0 fully saturated rings. The molecule has 1 aromatic carbocycles. The number of halogens is 1. The van der Waals surface area contributed by atoms with Gasteiger partial charge < -0.3 is 9.84 Å². The number of ether oxygens (including phenoxy) is 1. The third-order valence-corrected chi connectivity index (χ3v) is 3.73. The van der Waals surface area contributed by atoms with Crippen LogP contribution in [0.3, 0.4) is 0 Å². The average Bonchev–Trinajstić information content (AvgIpc) is 2.74. The van der Waals surface area contributed by atoms with Crippen LogP contribution in [-0.2, 0) is 13.0 Å². The highest BCUT2D eigenvalue weighted by atomic mass is 79.9. The van der Waals surface area contributed by atoms with E-state index in [4.69, 9.17) is 4.74 Å². The van der Waals surface area contributed by atoms with Crippen LogP contribution < -0.4 is 4.74 Å². The van der Waals surface area contributed by atoms with E-state index in [-0.39, 0.29) is 0 Å². The molecule has 0 aromatic heterocycles. The molecule has 1 heterocycles. The van der Waals surface area contributed by atoms with Crippen LogP contribution in [0.4, 0.5) is 0 Å². The monoisotopic (exact) mass is 327 g/mol. The van der Waals surface area contributed by atoms with Gasteiger partial charge in [0.1, 0.15) is 5.75 Å². The molecule has 1 aromatic rings. The summed E-state index contributed by atoms with van der Waals surface area (Å²) in [5, 5.41) is 9.96. The van der Waals surface area contributed by atoms with Crippen LogP contribution in [0.25, 0.3) is 0 Å². The molecule has 2 rings (SSSR count). The van der Waals surface area contributed by atoms with Crippen LogP contribution in [0.2, 0.25) is 0 Å². The summed E-state index contributed by atoms with van der Waals surface area (Å²) < 4.78 is 6.85. The SMILES string of the molecule is CCN(Cc1cc(Br)cc2c1OCC2)CC(C)(C)O. The Labute approximate surface area is 123 Å². The van der Waals surface area contributed by atoms with Gasteiger partial charge in [0.15, 0.2) is 0 Å². The minimum Gasteiger partial charge on any atom is -0.493 e. The predicted molar refractivity (Wildman–Crippen MR) is 80.6 cm³/mol. The van der Waals surface area contributed by atoms with Crippen LogP contribution in [0, 0.1) is 0 Å². The molecule has 1 N–H and O–H groups in total. The van der Waals surface area contributed by atoms with Crippen molar-refractivity contribution >= 4 is 15.9 Å². The van der Waals surface area contributed by atoms with Gasteiger partial charge in [-0.2, -0.15) is 0 Å². The van der Waals surface area contributed by atoms with E-state index >= 15 is 0 Å². The van der Waals surface area contributed by atoms with Gasteiger partial charge in [-0.1, -0.05) is 22.9 Å². The predicted octanol–water partition coefficient (Wildman–Crippen LogP) is 2.98. The van der Waals surface area contributed by atoms with Gasteiger partial charge in [0.2, 0.25) is 0 Å². The zero-order valence-electron chi connectivity index (χ0n) is 11.9. The molecular weight excluding hydrogens is 306 g/mol. The van der Waals surface area contributed by atoms with E-state index in [1.54, 1.807) is 0 Å². The van der Waals surface area contributed by atoms with Crippen LogP contribution in [0.5, 0.6) is 5.75 Å². The van der Waals surface area contributed by atoms with Crippen molar-refractivity contribution in [3.05, 3.63) is 27.7 Å². The van der Waals surface area contributed by atoms with E-state index in [0.717, 1.165) is 36.3 Å². The molecule has 4 heteroatoms. The molecule has 1 aliphatic heterocycles. The Balaban J connectivity index is 2.18. The minimum absolute atomic E-state index is 0.658. The number of rotatable bonds is 5. The van der Waals surface area contributed by atoms with Gasteiger partial charge in [-0.3, -0.25) is 4.90 Å². The lowest BCUT2D eigenvalue weighted by molar-refractivity contribution is 0.0351. The van der Waals surface area contributed by atoms with Crippen molar-refractivity contribution in [1.82, 2.24) is 4.90 Å². The molecule has 0 unspecified atom stereocenters.